The molecule has 0 radical (unpaired) electrons. The van der Waals surface area contributed by atoms with Crippen LogP contribution in [-0.2, 0) is 14.9 Å². The van der Waals surface area contributed by atoms with E-state index >= 15 is 0 Å². The molecule has 0 aliphatic carbocycles. The zero-order chi connectivity index (χ0) is 30.9. The number of unbranched alkanes of at least 4 members (excludes halogenated alkanes) is 2. The molecule has 2 aromatic rings. The highest BCUT2D eigenvalue weighted by molar-refractivity contribution is 7.87. The summed E-state index contributed by atoms with van der Waals surface area (Å²) >= 11 is 0. The van der Waals surface area contributed by atoms with Crippen LogP contribution in [0.1, 0.15) is 52.0 Å². The number of aryl methyl sites for hydroxylation is 1. The van der Waals surface area contributed by atoms with Crippen LogP contribution in [0, 0.1) is 6.92 Å². The van der Waals surface area contributed by atoms with Crippen LogP contribution in [0.15, 0.2) is 60.6 Å². The molecule has 0 unspecified atom stereocenters. The maximum atomic E-state index is 13.6. The average molecular weight is 602 g/mol. The lowest BCUT2D eigenvalue weighted by Gasteiger charge is -2.38. The van der Waals surface area contributed by atoms with Crippen LogP contribution >= 0.6 is 0 Å². The highest BCUT2D eigenvalue weighted by Gasteiger charge is 2.38. The topological polar surface area (TPSA) is 114 Å². The van der Waals surface area contributed by atoms with Crippen molar-refractivity contribution < 1.29 is 22.7 Å². The van der Waals surface area contributed by atoms with Crippen molar-refractivity contribution in [3.63, 3.8) is 0 Å². The van der Waals surface area contributed by atoms with E-state index in [2.05, 4.69) is 18.3 Å². The summed E-state index contributed by atoms with van der Waals surface area (Å²) in [5.74, 6) is 0.169. The van der Waals surface area contributed by atoms with Crippen LogP contribution in [0.2, 0.25) is 0 Å². The van der Waals surface area contributed by atoms with Gasteiger partial charge in [-0.3, -0.25) is 4.79 Å². The van der Waals surface area contributed by atoms with Gasteiger partial charge in [0.2, 0.25) is 5.75 Å². The van der Waals surface area contributed by atoms with Crippen molar-refractivity contribution in [2.45, 2.75) is 59.0 Å². The Morgan fingerprint density at radius 3 is 2.40 bits per heavy atom. The number of carbonyl (C=O) groups is 1. The molecule has 0 atom stereocenters. The molecule has 230 valence electrons. The molecule has 12 heteroatoms. The van der Waals surface area contributed by atoms with Gasteiger partial charge in [-0.2, -0.15) is 26.8 Å². The number of rotatable bonds is 13. The highest BCUT2D eigenvalue weighted by atomic mass is 32.2. The number of nitrogens with zero attached hydrogens (tertiary/aromatic N) is 5. The molecule has 11 nitrogen and oxygen atoms in total. The summed E-state index contributed by atoms with van der Waals surface area (Å²) in [4.78, 5) is 28.4. The Hall–Kier alpha value is -3.64. The van der Waals surface area contributed by atoms with E-state index in [1.54, 1.807) is 39.1 Å². The lowest BCUT2D eigenvalue weighted by Crippen LogP contribution is -2.55. The molecule has 1 amide bonds. The van der Waals surface area contributed by atoms with Gasteiger partial charge in [0.05, 0.1) is 18.5 Å². The molecule has 1 aliphatic heterocycles. The zero-order valence-corrected chi connectivity index (χ0v) is 25.9. The largest absolute Gasteiger partial charge is 0.486 e. The predicted octanol–water partition coefficient (Wildman–Crippen LogP) is 4.46. The Morgan fingerprint density at radius 1 is 1.10 bits per heavy atom. The highest BCUT2D eigenvalue weighted by Crippen LogP contribution is 2.27. The van der Waals surface area contributed by atoms with Gasteiger partial charge in [0.25, 0.3) is 0 Å². The van der Waals surface area contributed by atoms with E-state index in [0.29, 0.717) is 18.0 Å². The first-order valence-electron chi connectivity index (χ1n) is 14.2. The number of anilines is 1. The van der Waals surface area contributed by atoms with Crippen LogP contribution in [0.3, 0.4) is 0 Å². The van der Waals surface area contributed by atoms with Crippen molar-refractivity contribution in [3.8, 4) is 11.4 Å². The SMILES string of the molecule is C=CCCCCOc1c(N2CCN(S(=O)(=O)N(CCC=C)C(=O)OC(C)(C)C)CC2)cnn(-c2cccc(C)c2)c1=O. The van der Waals surface area contributed by atoms with Crippen LogP contribution in [0.5, 0.6) is 5.75 Å². The third kappa shape index (κ3) is 8.45. The second-order valence-electron chi connectivity index (χ2n) is 11.1. The maximum absolute atomic E-state index is 13.6. The number of allylic oxidation sites excluding steroid dienone is 1. The van der Waals surface area contributed by atoms with Crippen molar-refractivity contribution in [3.05, 3.63) is 71.7 Å². The molecule has 1 fully saturated rings. The van der Waals surface area contributed by atoms with Gasteiger partial charge in [-0.15, -0.1) is 13.2 Å². The molecular weight excluding hydrogens is 558 g/mol. The minimum Gasteiger partial charge on any atom is -0.486 e. The van der Waals surface area contributed by atoms with E-state index in [9.17, 15) is 18.0 Å². The van der Waals surface area contributed by atoms with E-state index < -0.39 is 27.5 Å². The van der Waals surface area contributed by atoms with E-state index in [-0.39, 0.29) is 44.9 Å². The Bertz CT molecular complexity index is 1410. The van der Waals surface area contributed by atoms with Gasteiger partial charge in [0, 0.05) is 32.7 Å². The molecule has 0 saturated carbocycles. The molecule has 1 aromatic heterocycles. The van der Waals surface area contributed by atoms with Crippen LogP contribution < -0.4 is 15.2 Å². The Labute approximate surface area is 249 Å². The number of aromatic nitrogens is 2. The summed E-state index contributed by atoms with van der Waals surface area (Å²) in [5.41, 5.74) is 0.868. The minimum atomic E-state index is -4.16. The van der Waals surface area contributed by atoms with Gasteiger partial charge in [0.15, 0.2) is 0 Å². The zero-order valence-electron chi connectivity index (χ0n) is 25.1. The predicted molar refractivity (Wildman–Crippen MR) is 165 cm³/mol. The number of hydrogen-bond donors (Lipinski definition) is 0. The molecule has 0 bridgehead atoms. The Morgan fingerprint density at radius 2 is 1.79 bits per heavy atom. The fourth-order valence-electron chi connectivity index (χ4n) is 4.42. The van der Waals surface area contributed by atoms with Gasteiger partial charge in [-0.05, 0) is 71.1 Å². The van der Waals surface area contributed by atoms with E-state index in [0.717, 1.165) is 29.1 Å². The number of carbonyl (C=O) groups excluding carboxylic acids is 1. The number of hydrogen-bond acceptors (Lipinski definition) is 8. The van der Waals surface area contributed by atoms with Gasteiger partial charge in [-0.1, -0.05) is 24.3 Å². The second kappa shape index (κ2) is 14.5. The van der Waals surface area contributed by atoms with Gasteiger partial charge >= 0.3 is 21.9 Å². The van der Waals surface area contributed by atoms with Crippen molar-refractivity contribution in [1.82, 2.24) is 18.4 Å². The Kier molecular flexibility index (Phi) is 11.3. The number of amides is 1. The number of piperazine rings is 1. The number of ether oxygens (including phenoxy) is 2. The van der Waals surface area contributed by atoms with Crippen molar-refractivity contribution in [2.75, 3.05) is 44.2 Å². The van der Waals surface area contributed by atoms with Crippen molar-refractivity contribution in [1.29, 1.82) is 0 Å². The quantitative estimate of drug-likeness (QED) is 0.244. The molecule has 0 N–H and O–H groups in total. The third-order valence-corrected chi connectivity index (χ3v) is 8.43. The van der Waals surface area contributed by atoms with Gasteiger partial charge < -0.3 is 14.4 Å². The van der Waals surface area contributed by atoms with Crippen molar-refractivity contribution in [2.24, 2.45) is 0 Å². The van der Waals surface area contributed by atoms with E-state index in [4.69, 9.17) is 9.47 Å². The van der Waals surface area contributed by atoms with E-state index in [1.165, 1.54) is 8.99 Å². The van der Waals surface area contributed by atoms with Crippen LogP contribution in [-0.4, -0.2) is 77.8 Å². The second-order valence-corrected chi connectivity index (χ2v) is 12.9. The summed E-state index contributed by atoms with van der Waals surface area (Å²) in [6, 6.07) is 7.47. The summed E-state index contributed by atoms with van der Waals surface area (Å²) in [6.07, 6.45) is 6.82. The molecular formula is C30H43N5O6S. The van der Waals surface area contributed by atoms with Crippen molar-refractivity contribution >= 4 is 22.0 Å². The monoisotopic (exact) mass is 601 g/mol. The molecule has 1 aromatic carbocycles. The van der Waals surface area contributed by atoms with E-state index in [1.807, 2.05) is 36.1 Å². The first-order chi connectivity index (χ1) is 19.9. The minimum absolute atomic E-state index is 0.0775. The Balaban J connectivity index is 1.85. The molecule has 1 aliphatic rings. The van der Waals surface area contributed by atoms with Gasteiger partial charge in [0.1, 0.15) is 11.3 Å². The van der Waals surface area contributed by atoms with Crippen LogP contribution in [0.25, 0.3) is 5.69 Å². The fraction of sp³-hybridized carbons (Fsp3) is 0.500. The lowest BCUT2D eigenvalue weighted by molar-refractivity contribution is 0.0383. The lowest BCUT2D eigenvalue weighted by atomic mass is 10.2. The summed E-state index contributed by atoms with van der Waals surface area (Å²) < 4.78 is 41.8. The summed E-state index contributed by atoms with van der Waals surface area (Å²) in [5, 5.41) is 4.43. The molecule has 1 saturated heterocycles. The molecule has 0 spiro atoms. The normalized spacial score (nSPS) is 14.3. The molecule has 42 heavy (non-hydrogen) atoms. The molecule has 3 rings (SSSR count). The maximum Gasteiger partial charge on any atom is 0.425 e. The smallest absolute Gasteiger partial charge is 0.425 e. The summed E-state index contributed by atoms with van der Waals surface area (Å²) in [6.45, 7) is 15.4. The average Bonchev–Trinajstić information content (AvgIpc) is 2.93. The summed E-state index contributed by atoms with van der Waals surface area (Å²) in [7, 11) is -4.16. The fourth-order valence-corrected chi connectivity index (χ4v) is 5.89. The standard InChI is InChI=1S/C30H43N5O6S/c1-7-9-11-12-21-40-27-26(23-31-35(28(27)36)25-15-13-14-24(3)22-25)32-17-19-33(20-18-32)42(38,39)34(16-10-8-2)29(37)41-30(4,5)6/h7-8,13-15,22-23H,1-2,9-12,16-21H2,3-6H3. The van der Waals surface area contributed by atoms with Crippen LogP contribution in [0.4, 0.5) is 10.5 Å². The first-order valence-corrected chi connectivity index (χ1v) is 15.6. The number of benzene rings is 1. The third-order valence-electron chi connectivity index (χ3n) is 6.53. The molecule has 2 heterocycles. The first kappa shape index (κ1) is 32.9. The van der Waals surface area contributed by atoms with Gasteiger partial charge in [-0.25, -0.2) is 4.79 Å².